The molecule has 0 aliphatic heterocycles. The molecule has 1 amide bonds. The SMILES string of the molecule is COc1cccc(/C=C/C(=O)OCC(=O)Nc2cc(Cl)ccc2Cl)c1. The molecule has 1 N–H and O–H groups in total. The summed E-state index contributed by atoms with van der Waals surface area (Å²) in [5, 5.41) is 3.29. The average molecular weight is 380 g/mol. The van der Waals surface area contributed by atoms with Gasteiger partial charge in [-0.2, -0.15) is 0 Å². The molecule has 130 valence electrons. The Morgan fingerprint density at radius 1 is 1.16 bits per heavy atom. The lowest BCUT2D eigenvalue weighted by Gasteiger charge is -2.07. The van der Waals surface area contributed by atoms with Gasteiger partial charge in [-0.05, 0) is 42.0 Å². The van der Waals surface area contributed by atoms with Crippen LogP contribution in [0.2, 0.25) is 10.0 Å². The first-order valence-electron chi connectivity index (χ1n) is 7.22. The van der Waals surface area contributed by atoms with Gasteiger partial charge in [0.15, 0.2) is 6.61 Å². The van der Waals surface area contributed by atoms with Crippen molar-refractivity contribution in [2.75, 3.05) is 19.0 Å². The van der Waals surface area contributed by atoms with Gasteiger partial charge in [0.25, 0.3) is 5.91 Å². The van der Waals surface area contributed by atoms with Crippen molar-refractivity contribution in [1.82, 2.24) is 0 Å². The van der Waals surface area contributed by atoms with E-state index in [1.54, 1.807) is 49.6 Å². The number of methoxy groups -OCH3 is 1. The van der Waals surface area contributed by atoms with E-state index in [4.69, 9.17) is 32.7 Å². The molecular weight excluding hydrogens is 365 g/mol. The zero-order valence-corrected chi connectivity index (χ0v) is 14.8. The third-order valence-corrected chi connectivity index (χ3v) is 3.62. The van der Waals surface area contributed by atoms with Gasteiger partial charge in [0, 0.05) is 11.1 Å². The number of nitrogens with one attached hydrogen (secondary N) is 1. The second kappa shape index (κ2) is 9.11. The minimum Gasteiger partial charge on any atom is -0.497 e. The van der Waals surface area contributed by atoms with Crippen molar-refractivity contribution in [2.45, 2.75) is 0 Å². The molecule has 0 fully saturated rings. The summed E-state index contributed by atoms with van der Waals surface area (Å²) in [4.78, 5) is 23.5. The summed E-state index contributed by atoms with van der Waals surface area (Å²) >= 11 is 11.8. The quantitative estimate of drug-likeness (QED) is 0.603. The van der Waals surface area contributed by atoms with E-state index in [0.29, 0.717) is 21.5 Å². The van der Waals surface area contributed by atoms with Gasteiger partial charge in [0.05, 0.1) is 17.8 Å². The number of esters is 1. The Bertz CT molecular complexity index is 805. The lowest BCUT2D eigenvalue weighted by Crippen LogP contribution is -2.20. The van der Waals surface area contributed by atoms with Gasteiger partial charge in [-0.15, -0.1) is 0 Å². The Kier molecular flexibility index (Phi) is 6.86. The molecule has 2 rings (SSSR count). The van der Waals surface area contributed by atoms with Crippen LogP contribution < -0.4 is 10.1 Å². The molecule has 0 aliphatic rings. The third kappa shape index (κ3) is 6.14. The predicted octanol–water partition coefficient (Wildman–Crippen LogP) is 4.20. The summed E-state index contributed by atoms with van der Waals surface area (Å²) in [6.45, 7) is -0.440. The van der Waals surface area contributed by atoms with Gasteiger partial charge in [-0.25, -0.2) is 4.79 Å². The molecular formula is C18H15Cl2NO4. The zero-order valence-electron chi connectivity index (χ0n) is 13.3. The molecule has 2 aromatic rings. The summed E-state index contributed by atoms with van der Waals surface area (Å²) in [6, 6.07) is 11.8. The first-order valence-corrected chi connectivity index (χ1v) is 7.97. The number of carbonyl (C=O) groups is 2. The van der Waals surface area contributed by atoms with Crippen LogP contribution in [-0.4, -0.2) is 25.6 Å². The van der Waals surface area contributed by atoms with Crippen molar-refractivity contribution in [1.29, 1.82) is 0 Å². The molecule has 0 aliphatic carbocycles. The lowest BCUT2D eigenvalue weighted by molar-refractivity contribution is -0.142. The Morgan fingerprint density at radius 2 is 1.96 bits per heavy atom. The number of carbonyl (C=O) groups excluding carboxylic acids is 2. The third-order valence-electron chi connectivity index (χ3n) is 3.05. The fourth-order valence-corrected chi connectivity index (χ4v) is 2.21. The van der Waals surface area contributed by atoms with Crippen LogP contribution in [0.25, 0.3) is 6.08 Å². The Morgan fingerprint density at radius 3 is 2.72 bits per heavy atom. The number of anilines is 1. The number of benzene rings is 2. The summed E-state index contributed by atoms with van der Waals surface area (Å²) in [7, 11) is 1.56. The summed E-state index contributed by atoms with van der Waals surface area (Å²) in [5.41, 5.74) is 1.12. The van der Waals surface area contributed by atoms with E-state index in [1.165, 1.54) is 12.1 Å². The molecule has 25 heavy (non-hydrogen) atoms. The van der Waals surface area contributed by atoms with Gasteiger partial charge in [-0.1, -0.05) is 35.3 Å². The van der Waals surface area contributed by atoms with Crippen LogP contribution in [0.3, 0.4) is 0 Å². The van der Waals surface area contributed by atoms with Gasteiger partial charge >= 0.3 is 5.97 Å². The maximum absolute atomic E-state index is 11.8. The number of ether oxygens (including phenoxy) is 2. The predicted molar refractivity (Wildman–Crippen MR) is 98.1 cm³/mol. The largest absolute Gasteiger partial charge is 0.497 e. The monoisotopic (exact) mass is 379 g/mol. The van der Waals surface area contributed by atoms with Crippen molar-refractivity contribution in [3.05, 3.63) is 64.1 Å². The van der Waals surface area contributed by atoms with Crippen molar-refractivity contribution in [3.63, 3.8) is 0 Å². The van der Waals surface area contributed by atoms with E-state index < -0.39 is 18.5 Å². The normalized spacial score (nSPS) is 10.5. The van der Waals surface area contributed by atoms with E-state index >= 15 is 0 Å². The Balaban J connectivity index is 1.85. The molecule has 2 aromatic carbocycles. The summed E-state index contributed by atoms with van der Waals surface area (Å²) in [6.07, 6.45) is 2.80. The van der Waals surface area contributed by atoms with Crippen molar-refractivity contribution in [3.8, 4) is 5.75 Å². The Hall–Kier alpha value is -2.50. The highest BCUT2D eigenvalue weighted by atomic mass is 35.5. The number of rotatable bonds is 6. The first kappa shape index (κ1) is 18.8. The second-order valence-electron chi connectivity index (χ2n) is 4.89. The van der Waals surface area contributed by atoms with Gasteiger partial charge in [0.1, 0.15) is 5.75 Å². The molecule has 0 heterocycles. The fraction of sp³-hybridized carbons (Fsp3) is 0.111. The van der Waals surface area contributed by atoms with E-state index in [1.807, 2.05) is 0 Å². The van der Waals surface area contributed by atoms with Crippen LogP contribution in [0.1, 0.15) is 5.56 Å². The number of amides is 1. The highest BCUT2D eigenvalue weighted by Crippen LogP contribution is 2.25. The molecule has 0 radical (unpaired) electrons. The van der Waals surface area contributed by atoms with Crippen molar-refractivity contribution < 1.29 is 19.1 Å². The minimum atomic E-state index is -0.643. The average Bonchev–Trinajstić information content (AvgIpc) is 2.61. The summed E-state index contributed by atoms with van der Waals surface area (Å²) in [5.74, 6) is -0.490. The van der Waals surface area contributed by atoms with Crippen molar-refractivity contribution in [2.24, 2.45) is 0 Å². The van der Waals surface area contributed by atoms with Crippen LogP contribution in [0, 0.1) is 0 Å². The van der Waals surface area contributed by atoms with Gasteiger partial charge in [0.2, 0.25) is 0 Å². The zero-order chi connectivity index (χ0) is 18.2. The molecule has 7 heteroatoms. The minimum absolute atomic E-state index is 0.335. The van der Waals surface area contributed by atoms with Gasteiger partial charge in [-0.3, -0.25) is 4.79 Å². The smallest absolute Gasteiger partial charge is 0.331 e. The summed E-state index contributed by atoms with van der Waals surface area (Å²) < 4.78 is 9.97. The number of hydrogen-bond acceptors (Lipinski definition) is 4. The molecule has 0 atom stereocenters. The van der Waals surface area contributed by atoms with Crippen LogP contribution in [0.5, 0.6) is 5.75 Å². The van der Waals surface area contributed by atoms with E-state index in [9.17, 15) is 9.59 Å². The molecule has 0 saturated carbocycles. The van der Waals surface area contributed by atoms with Crippen LogP contribution in [0.15, 0.2) is 48.5 Å². The topological polar surface area (TPSA) is 64.6 Å². The molecule has 5 nitrogen and oxygen atoms in total. The first-order chi connectivity index (χ1) is 12.0. The molecule has 0 aromatic heterocycles. The number of halogens is 2. The molecule has 0 spiro atoms. The maximum atomic E-state index is 11.8. The van der Waals surface area contributed by atoms with E-state index in [0.717, 1.165) is 5.56 Å². The Labute approximate surface area is 155 Å². The van der Waals surface area contributed by atoms with Crippen LogP contribution >= 0.6 is 23.2 Å². The van der Waals surface area contributed by atoms with Crippen LogP contribution in [-0.2, 0) is 14.3 Å². The maximum Gasteiger partial charge on any atom is 0.331 e. The second-order valence-corrected chi connectivity index (χ2v) is 5.73. The fourth-order valence-electron chi connectivity index (χ4n) is 1.87. The molecule has 0 bridgehead atoms. The van der Waals surface area contributed by atoms with E-state index in [-0.39, 0.29) is 0 Å². The van der Waals surface area contributed by atoms with Gasteiger partial charge < -0.3 is 14.8 Å². The highest BCUT2D eigenvalue weighted by molar-refractivity contribution is 6.35. The van der Waals surface area contributed by atoms with Crippen LogP contribution in [0.4, 0.5) is 5.69 Å². The highest BCUT2D eigenvalue weighted by Gasteiger charge is 2.08. The molecule has 0 unspecified atom stereocenters. The molecule has 0 saturated heterocycles. The number of hydrogen-bond donors (Lipinski definition) is 1. The van der Waals surface area contributed by atoms with Crippen molar-refractivity contribution >= 4 is 46.8 Å². The standard InChI is InChI=1S/C18H15Cl2NO4/c1-24-14-4-2-3-12(9-14)5-8-18(23)25-11-17(22)21-16-10-13(19)6-7-15(16)20/h2-10H,11H2,1H3,(H,21,22)/b8-5+. The lowest BCUT2D eigenvalue weighted by atomic mass is 10.2. The van der Waals surface area contributed by atoms with E-state index in [2.05, 4.69) is 5.32 Å².